The van der Waals surface area contributed by atoms with Gasteiger partial charge in [0.05, 0.1) is 6.61 Å². The SMILES string of the molecule is CNCc1cnc(OCCC2CCCN2C)nc1C. The normalized spacial score (nSPS) is 19.8. The first-order valence-electron chi connectivity index (χ1n) is 7.01. The minimum atomic E-state index is 0.498. The third-order valence-corrected chi connectivity index (χ3v) is 3.78. The summed E-state index contributed by atoms with van der Waals surface area (Å²) in [6, 6.07) is 1.16. The number of nitrogens with one attached hydrogen (secondary N) is 1. The van der Waals surface area contributed by atoms with E-state index >= 15 is 0 Å². The van der Waals surface area contributed by atoms with Crippen molar-refractivity contribution >= 4 is 0 Å². The molecule has 1 fully saturated rings. The van der Waals surface area contributed by atoms with Gasteiger partial charge in [0.1, 0.15) is 0 Å². The fraction of sp³-hybridized carbons (Fsp3) is 0.714. The van der Waals surface area contributed by atoms with Crippen molar-refractivity contribution in [3.63, 3.8) is 0 Å². The number of rotatable bonds is 6. The predicted octanol–water partition coefficient (Wildman–Crippen LogP) is 1.37. The highest BCUT2D eigenvalue weighted by atomic mass is 16.5. The second kappa shape index (κ2) is 6.82. The van der Waals surface area contributed by atoms with Gasteiger partial charge in [-0.2, -0.15) is 0 Å². The first-order valence-corrected chi connectivity index (χ1v) is 7.01. The van der Waals surface area contributed by atoms with Gasteiger partial charge in [0.15, 0.2) is 0 Å². The average molecular weight is 264 g/mol. The van der Waals surface area contributed by atoms with Crippen LogP contribution in [0.1, 0.15) is 30.5 Å². The van der Waals surface area contributed by atoms with Gasteiger partial charge >= 0.3 is 6.01 Å². The molecule has 1 aliphatic rings. The lowest BCUT2D eigenvalue weighted by Gasteiger charge is -2.18. The van der Waals surface area contributed by atoms with Crippen LogP contribution in [0.2, 0.25) is 0 Å². The standard InChI is InChI=1S/C14H24N4O/c1-11-12(9-15-2)10-16-14(17-11)19-8-6-13-5-4-7-18(13)3/h10,13,15H,4-9H2,1-3H3. The van der Waals surface area contributed by atoms with E-state index in [2.05, 4.69) is 27.2 Å². The zero-order valence-electron chi connectivity index (χ0n) is 12.1. The molecule has 106 valence electrons. The van der Waals surface area contributed by atoms with Gasteiger partial charge in [0.2, 0.25) is 0 Å². The summed E-state index contributed by atoms with van der Waals surface area (Å²) in [5, 5.41) is 3.10. The maximum atomic E-state index is 5.66. The monoisotopic (exact) mass is 264 g/mol. The summed E-state index contributed by atoms with van der Waals surface area (Å²) in [5.41, 5.74) is 2.10. The Morgan fingerprint density at radius 2 is 2.37 bits per heavy atom. The van der Waals surface area contributed by atoms with Crippen molar-refractivity contribution in [3.8, 4) is 6.01 Å². The van der Waals surface area contributed by atoms with Crippen LogP contribution in [0.5, 0.6) is 6.01 Å². The molecule has 5 heteroatoms. The molecular weight excluding hydrogens is 240 g/mol. The van der Waals surface area contributed by atoms with E-state index in [1.54, 1.807) is 0 Å². The highest BCUT2D eigenvalue weighted by molar-refractivity contribution is 5.17. The molecule has 1 aromatic heterocycles. The van der Waals surface area contributed by atoms with E-state index in [1.807, 2.05) is 20.2 Å². The van der Waals surface area contributed by atoms with Gasteiger partial charge in [-0.3, -0.25) is 0 Å². The van der Waals surface area contributed by atoms with Crippen LogP contribution in [0.4, 0.5) is 0 Å². The highest BCUT2D eigenvalue weighted by Crippen LogP contribution is 2.18. The van der Waals surface area contributed by atoms with Crippen molar-refractivity contribution in [2.24, 2.45) is 0 Å². The molecule has 2 rings (SSSR count). The smallest absolute Gasteiger partial charge is 0.316 e. The lowest BCUT2D eigenvalue weighted by molar-refractivity contribution is 0.222. The van der Waals surface area contributed by atoms with Gasteiger partial charge in [-0.25, -0.2) is 9.97 Å². The van der Waals surface area contributed by atoms with E-state index in [0.717, 1.165) is 24.2 Å². The van der Waals surface area contributed by atoms with Gasteiger partial charge in [0, 0.05) is 30.0 Å². The highest BCUT2D eigenvalue weighted by Gasteiger charge is 2.20. The van der Waals surface area contributed by atoms with E-state index in [1.165, 1.54) is 19.4 Å². The van der Waals surface area contributed by atoms with Crippen LogP contribution in [0.25, 0.3) is 0 Å². The number of aryl methyl sites for hydroxylation is 1. The number of likely N-dealkylation sites (tertiary alicyclic amines) is 1. The summed E-state index contributed by atoms with van der Waals surface area (Å²) in [6.45, 7) is 4.68. The minimum Gasteiger partial charge on any atom is -0.463 e. The molecule has 1 aliphatic heterocycles. The van der Waals surface area contributed by atoms with Crippen molar-refractivity contribution in [2.45, 2.75) is 38.8 Å². The fourth-order valence-corrected chi connectivity index (χ4v) is 2.53. The molecule has 1 atom stereocenters. The molecule has 0 amide bonds. The molecule has 2 heterocycles. The lowest BCUT2D eigenvalue weighted by atomic mass is 10.1. The zero-order valence-corrected chi connectivity index (χ0v) is 12.1. The molecule has 0 bridgehead atoms. The first kappa shape index (κ1) is 14.2. The maximum absolute atomic E-state index is 5.66. The molecule has 19 heavy (non-hydrogen) atoms. The van der Waals surface area contributed by atoms with Crippen LogP contribution in [-0.2, 0) is 6.54 Å². The summed E-state index contributed by atoms with van der Waals surface area (Å²) in [4.78, 5) is 11.1. The molecular formula is C14H24N4O. The summed E-state index contributed by atoms with van der Waals surface area (Å²) >= 11 is 0. The Kier molecular flexibility index (Phi) is 5.10. The Bertz CT molecular complexity index is 410. The third kappa shape index (κ3) is 3.88. The number of nitrogens with zero attached hydrogens (tertiary/aromatic N) is 3. The molecule has 0 aliphatic carbocycles. The number of hydrogen-bond donors (Lipinski definition) is 1. The van der Waals surface area contributed by atoms with Gasteiger partial charge in [-0.15, -0.1) is 0 Å². The topological polar surface area (TPSA) is 50.3 Å². The van der Waals surface area contributed by atoms with Gasteiger partial charge < -0.3 is 15.0 Å². The van der Waals surface area contributed by atoms with Crippen molar-refractivity contribution in [2.75, 3.05) is 27.2 Å². The van der Waals surface area contributed by atoms with Crippen LogP contribution in [-0.4, -0.2) is 48.2 Å². The van der Waals surface area contributed by atoms with Crippen LogP contribution >= 0.6 is 0 Å². The zero-order chi connectivity index (χ0) is 13.7. The van der Waals surface area contributed by atoms with Crippen molar-refractivity contribution in [3.05, 3.63) is 17.5 Å². The molecule has 1 aromatic rings. The second-order valence-electron chi connectivity index (χ2n) is 5.21. The lowest BCUT2D eigenvalue weighted by Crippen LogP contribution is -2.26. The molecule has 1 unspecified atom stereocenters. The number of hydrogen-bond acceptors (Lipinski definition) is 5. The summed E-state index contributed by atoms with van der Waals surface area (Å²) in [7, 11) is 4.10. The Hall–Kier alpha value is -1.20. The van der Waals surface area contributed by atoms with Gasteiger partial charge in [0.25, 0.3) is 0 Å². The predicted molar refractivity (Wildman–Crippen MR) is 75.3 cm³/mol. The van der Waals surface area contributed by atoms with Gasteiger partial charge in [-0.1, -0.05) is 0 Å². The molecule has 5 nitrogen and oxygen atoms in total. The van der Waals surface area contributed by atoms with Gasteiger partial charge in [-0.05, 0) is 46.8 Å². The molecule has 0 aromatic carbocycles. The molecule has 0 saturated carbocycles. The van der Waals surface area contributed by atoms with E-state index in [0.29, 0.717) is 18.7 Å². The Balaban J connectivity index is 1.81. The van der Waals surface area contributed by atoms with E-state index < -0.39 is 0 Å². The van der Waals surface area contributed by atoms with Crippen molar-refractivity contribution in [1.29, 1.82) is 0 Å². The van der Waals surface area contributed by atoms with Crippen LogP contribution in [0, 0.1) is 6.92 Å². The summed E-state index contributed by atoms with van der Waals surface area (Å²) in [6.07, 6.45) is 5.48. The van der Waals surface area contributed by atoms with E-state index in [9.17, 15) is 0 Å². The quantitative estimate of drug-likeness (QED) is 0.841. The Morgan fingerprint density at radius 1 is 1.53 bits per heavy atom. The first-order chi connectivity index (χ1) is 9.20. The average Bonchev–Trinajstić information content (AvgIpc) is 2.79. The van der Waals surface area contributed by atoms with Crippen LogP contribution in [0.15, 0.2) is 6.20 Å². The summed E-state index contributed by atoms with van der Waals surface area (Å²) in [5.74, 6) is 0. The minimum absolute atomic E-state index is 0.498. The number of ether oxygens (including phenoxy) is 1. The third-order valence-electron chi connectivity index (χ3n) is 3.78. The Morgan fingerprint density at radius 3 is 3.00 bits per heavy atom. The fourth-order valence-electron chi connectivity index (χ4n) is 2.53. The van der Waals surface area contributed by atoms with Crippen LogP contribution in [0.3, 0.4) is 0 Å². The number of aromatic nitrogens is 2. The molecule has 0 radical (unpaired) electrons. The van der Waals surface area contributed by atoms with Crippen molar-refractivity contribution < 1.29 is 4.74 Å². The van der Waals surface area contributed by atoms with E-state index in [4.69, 9.17) is 4.74 Å². The van der Waals surface area contributed by atoms with Crippen LogP contribution < -0.4 is 10.1 Å². The second-order valence-corrected chi connectivity index (χ2v) is 5.21. The Labute approximate surface area is 115 Å². The summed E-state index contributed by atoms with van der Waals surface area (Å²) < 4.78 is 5.66. The maximum Gasteiger partial charge on any atom is 0.316 e. The molecule has 1 saturated heterocycles. The molecule has 1 N–H and O–H groups in total. The van der Waals surface area contributed by atoms with E-state index in [-0.39, 0.29) is 0 Å². The molecule has 0 spiro atoms. The van der Waals surface area contributed by atoms with Crippen molar-refractivity contribution in [1.82, 2.24) is 20.2 Å². The largest absolute Gasteiger partial charge is 0.463 e.